The van der Waals surface area contributed by atoms with Crippen molar-refractivity contribution in [2.75, 3.05) is 26.2 Å². The van der Waals surface area contributed by atoms with Crippen molar-refractivity contribution in [1.82, 2.24) is 9.96 Å². The van der Waals surface area contributed by atoms with Crippen LogP contribution in [0.3, 0.4) is 0 Å². The van der Waals surface area contributed by atoms with Crippen molar-refractivity contribution in [3.8, 4) is 11.5 Å². The zero-order valence-electron chi connectivity index (χ0n) is 18.9. The Morgan fingerprint density at radius 2 is 1.79 bits per heavy atom. The van der Waals surface area contributed by atoms with Crippen LogP contribution >= 0.6 is 0 Å². The number of likely N-dealkylation sites (tertiary alicyclic amines) is 1. The molecule has 2 fully saturated rings. The molecule has 0 bridgehead atoms. The van der Waals surface area contributed by atoms with E-state index in [0.29, 0.717) is 16.4 Å². The summed E-state index contributed by atoms with van der Waals surface area (Å²) < 4.78 is 17.5. The number of carbonyl (C=O) groups is 1. The van der Waals surface area contributed by atoms with Crippen LogP contribution in [0.1, 0.15) is 41.8 Å². The number of piperidine rings is 1. The Balaban J connectivity index is 1.15. The van der Waals surface area contributed by atoms with Gasteiger partial charge in [0.15, 0.2) is 5.76 Å². The van der Waals surface area contributed by atoms with E-state index in [9.17, 15) is 10.0 Å². The Bertz CT molecular complexity index is 1100. The maximum absolute atomic E-state index is 12.6. The predicted octanol–water partition coefficient (Wildman–Crippen LogP) is 4.66. The van der Waals surface area contributed by atoms with Gasteiger partial charge in [-0.2, -0.15) is 0 Å². The summed E-state index contributed by atoms with van der Waals surface area (Å²) in [6.07, 6.45) is 4.97. The first-order valence-corrected chi connectivity index (χ1v) is 11.7. The fourth-order valence-electron chi connectivity index (χ4n) is 4.30. The highest BCUT2D eigenvalue weighted by Crippen LogP contribution is 2.31. The number of rotatable bonds is 8. The second-order valence-corrected chi connectivity index (χ2v) is 8.98. The van der Waals surface area contributed by atoms with Gasteiger partial charge in [-0.3, -0.25) is 10.0 Å². The minimum atomic E-state index is -0.603. The monoisotopic (exact) mass is 450 g/mol. The summed E-state index contributed by atoms with van der Waals surface area (Å²) in [6.45, 7) is 4.39. The largest absolute Gasteiger partial charge is 0.492 e. The number of hydrogen-bond donors (Lipinski definition) is 1. The standard InChI is InChI=1S/C26H30N2O5/c1-18-2-6-21(7-3-18)31-15-14-28(30)26(29)25-17-19-16-23(8-9-24(19)33-25)32-22-10-12-27(13-11-22)20-4-5-20/h2-3,6-9,16-17,20,22,30H,4-5,10-15H2,1H3. The minimum Gasteiger partial charge on any atom is -0.492 e. The number of hydroxylamine groups is 2. The van der Waals surface area contributed by atoms with Crippen molar-refractivity contribution in [2.45, 2.75) is 44.8 Å². The SMILES string of the molecule is Cc1ccc(OCCN(O)C(=O)c2cc3cc(OC4CCN(C5CC5)CC4)ccc3o2)cc1. The van der Waals surface area contributed by atoms with Gasteiger partial charge in [0.05, 0.1) is 6.54 Å². The van der Waals surface area contributed by atoms with Gasteiger partial charge in [-0.25, -0.2) is 5.06 Å². The third-order valence-corrected chi connectivity index (χ3v) is 6.37. The van der Waals surface area contributed by atoms with Crippen molar-refractivity contribution in [2.24, 2.45) is 0 Å². The van der Waals surface area contributed by atoms with Crippen LogP contribution in [0.4, 0.5) is 0 Å². The number of nitrogens with zero attached hydrogens (tertiary/aromatic N) is 2. The average molecular weight is 451 g/mol. The molecule has 3 aromatic rings. The maximum atomic E-state index is 12.6. The summed E-state index contributed by atoms with van der Waals surface area (Å²) in [6, 6.07) is 15.6. The number of aryl methyl sites for hydroxylation is 1. The Morgan fingerprint density at radius 3 is 2.52 bits per heavy atom. The number of furan rings is 1. The van der Waals surface area contributed by atoms with Crippen molar-refractivity contribution in [3.05, 3.63) is 59.9 Å². The molecule has 0 spiro atoms. The maximum Gasteiger partial charge on any atom is 0.313 e. The fraction of sp³-hybridized carbons (Fsp3) is 0.423. The van der Waals surface area contributed by atoms with Gasteiger partial charge in [-0.1, -0.05) is 17.7 Å². The van der Waals surface area contributed by atoms with Gasteiger partial charge < -0.3 is 18.8 Å². The van der Waals surface area contributed by atoms with Gasteiger partial charge in [0.25, 0.3) is 0 Å². The fourth-order valence-corrected chi connectivity index (χ4v) is 4.30. The number of benzene rings is 2. The molecule has 7 heteroatoms. The molecule has 2 aromatic carbocycles. The van der Waals surface area contributed by atoms with Gasteiger partial charge in [0.1, 0.15) is 29.8 Å². The van der Waals surface area contributed by atoms with Gasteiger partial charge >= 0.3 is 5.91 Å². The second-order valence-electron chi connectivity index (χ2n) is 8.98. The molecule has 1 saturated heterocycles. The van der Waals surface area contributed by atoms with Crippen LogP contribution in [0.5, 0.6) is 11.5 Å². The van der Waals surface area contributed by atoms with E-state index in [2.05, 4.69) is 4.90 Å². The molecule has 0 unspecified atom stereocenters. The Morgan fingerprint density at radius 1 is 1.06 bits per heavy atom. The van der Waals surface area contributed by atoms with Gasteiger partial charge in [-0.15, -0.1) is 0 Å². The van der Waals surface area contributed by atoms with Gasteiger partial charge in [-0.05, 0) is 69.0 Å². The number of fused-ring (bicyclic) bond motifs is 1. The van der Waals surface area contributed by atoms with Gasteiger partial charge in [0.2, 0.25) is 0 Å². The molecule has 174 valence electrons. The molecule has 1 aliphatic carbocycles. The first-order chi connectivity index (χ1) is 16.0. The van der Waals surface area contributed by atoms with E-state index in [1.54, 1.807) is 6.07 Å². The molecule has 7 nitrogen and oxygen atoms in total. The molecule has 1 aliphatic heterocycles. The van der Waals surface area contributed by atoms with Gasteiger partial charge in [0, 0.05) is 24.5 Å². The number of amides is 1. The molecule has 0 radical (unpaired) electrons. The molecule has 1 N–H and O–H groups in total. The van der Waals surface area contributed by atoms with E-state index in [4.69, 9.17) is 13.9 Å². The first kappa shape index (κ1) is 21.8. The summed E-state index contributed by atoms with van der Waals surface area (Å²) in [5.74, 6) is 0.946. The predicted molar refractivity (Wildman–Crippen MR) is 124 cm³/mol. The number of carbonyl (C=O) groups excluding carboxylic acids is 1. The summed E-state index contributed by atoms with van der Waals surface area (Å²) in [4.78, 5) is 15.2. The molecule has 2 aliphatic rings. The van der Waals surface area contributed by atoms with Crippen LogP contribution in [-0.4, -0.2) is 59.5 Å². The lowest BCUT2D eigenvalue weighted by Crippen LogP contribution is -2.39. The summed E-state index contributed by atoms with van der Waals surface area (Å²) >= 11 is 0. The summed E-state index contributed by atoms with van der Waals surface area (Å²) in [7, 11) is 0. The zero-order chi connectivity index (χ0) is 22.8. The minimum absolute atomic E-state index is 0.0255. The van der Waals surface area contributed by atoms with Crippen molar-refractivity contribution in [3.63, 3.8) is 0 Å². The first-order valence-electron chi connectivity index (χ1n) is 11.7. The second kappa shape index (κ2) is 9.45. The number of ether oxygens (including phenoxy) is 2. The third-order valence-electron chi connectivity index (χ3n) is 6.37. The van der Waals surface area contributed by atoms with E-state index in [0.717, 1.165) is 48.7 Å². The van der Waals surface area contributed by atoms with E-state index in [-0.39, 0.29) is 25.0 Å². The molecule has 2 heterocycles. The van der Waals surface area contributed by atoms with Crippen LogP contribution in [0.25, 0.3) is 11.0 Å². The molecule has 33 heavy (non-hydrogen) atoms. The van der Waals surface area contributed by atoms with Crippen LogP contribution in [0.2, 0.25) is 0 Å². The van der Waals surface area contributed by atoms with Crippen molar-refractivity contribution in [1.29, 1.82) is 0 Å². The molecule has 1 amide bonds. The van der Waals surface area contributed by atoms with E-state index in [1.807, 2.05) is 49.4 Å². The Labute approximate surface area is 193 Å². The molecule has 1 aromatic heterocycles. The third kappa shape index (κ3) is 5.31. The van der Waals surface area contributed by atoms with E-state index < -0.39 is 5.91 Å². The Kier molecular flexibility index (Phi) is 6.24. The summed E-state index contributed by atoms with van der Waals surface area (Å²) in [5, 5.41) is 11.6. The topological polar surface area (TPSA) is 75.4 Å². The van der Waals surface area contributed by atoms with Crippen LogP contribution < -0.4 is 9.47 Å². The molecular formula is C26H30N2O5. The smallest absolute Gasteiger partial charge is 0.313 e. The van der Waals surface area contributed by atoms with Crippen molar-refractivity contribution >= 4 is 16.9 Å². The summed E-state index contributed by atoms with van der Waals surface area (Å²) in [5.41, 5.74) is 1.72. The molecule has 1 saturated carbocycles. The average Bonchev–Trinajstić information content (AvgIpc) is 3.59. The zero-order valence-corrected chi connectivity index (χ0v) is 18.9. The highest BCUT2D eigenvalue weighted by Gasteiger charge is 2.32. The van der Waals surface area contributed by atoms with Crippen LogP contribution in [0.15, 0.2) is 52.9 Å². The molecular weight excluding hydrogens is 420 g/mol. The lowest BCUT2D eigenvalue weighted by Gasteiger charge is -2.32. The Hall–Kier alpha value is -3.03. The molecule has 0 atom stereocenters. The van der Waals surface area contributed by atoms with Crippen LogP contribution in [0, 0.1) is 6.92 Å². The van der Waals surface area contributed by atoms with E-state index >= 15 is 0 Å². The highest BCUT2D eigenvalue weighted by atomic mass is 16.5. The normalized spacial score (nSPS) is 17.3. The molecule has 5 rings (SSSR count). The number of hydrogen-bond acceptors (Lipinski definition) is 6. The van der Waals surface area contributed by atoms with E-state index in [1.165, 1.54) is 12.8 Å². The lowest BCUT2D eigenvalue weighted by atomic mass is 10.1. The highest BCUT2D eigenvalue weighted by molar-refractivity contribution is 5.95. The quantitative estimate of drug-likeness (QED) is 0.398. The van der Waals surface area contributed by atoms with Crippen LogP contribution in [-0.2, 0) is 0 Å². The lowest BCUT2D eigenvalue weighted by molar-refractivity contribution is -0.0654. The van der Waals surface area contributed by atoms with Crippen molar-refractivity contribution < 1.29 is 23.9 Å².